The van der Waals surface area contributed by atoms with Gasteiger partial charge < -0.3 is 25.0 Å². The van der Waals surface area contributed by atoms with E-state index in [9.17, 15) is 0 Å². The molecule has 0 saturated carbocycles. The summed E-state index contributed by atoms with van der Waals surface area (Å²) in [4.78, 5) is 11.4. The quantitative estimate of drug-likeness (QED) is 0.818. The van der Waals surface area contributed by atoms with E-state index in [1.54, 1.807) is 14.2 Å². The highest BCUT2D eigenvalue weighted by molar-refractivity contribution is 5.53. The molecule has 2 heterocycles. The van der Waals surface area contributed by atoms with Crippen LogP contribution in [-0.4, -0.2) is 51.4 Å². The third kappa shape index (κ3) is 3.99. The molecule has 2 N–H and O–H groups in total. The van der Waals surface area contributed by atoms with Crippen molar-refractivity contribution in [3.63, 3.8) is 0 Å². The maximum absolute atomic E-state index is 5.50. The van der Waals surface area contributed by atoms with Crippen LogP contribution in [0, 0.1) is 0 Å². The molecule has 0 saturated heterocycles. The highest BCUT2D eigenvalue weighted by atomic mass is 16.5. The van der Waals surface area contributed by atoms with Gasteiger partial charge in [0.1, 0.15) is 17.3 Å². The van der Waals surface area contributed by atoms with Crippen molar-refractivity contribution in [2.75, 3.05) is 51.6 Å². The monoisotopic (exact) mass is 357 g/mol. The van der Waals surface area contributed by atoms with Gasteiger partial charge >= 0.3 is 0 Å². The largest absolute Gasteiger partial charge is 0.497 e. The minimum absolute atomic E-state index is 0.622. The molecule has 1 aromatic heterocycles. The molecule has 7 heteroatoms. The number of ether oxygens (including phenoxy) is 2. The van der Waals surface area contributed by atoms with Gasteiger partial charge in [-0.1, -0.05) is 0 Å². The van der Waals surface area contributed by atoms with E-state index in [4.69, 9.17) is 19.4 Å². The van der Waals surface area contributed by atoms with Crippen LogP contribution in [0.3, 0.4) is 0 Å². The van der Waals surface area contributed by atoms with Crippen LogP contribution in [0.5, 0.6) is 11.5 Å². The number of fused-ring (bicyclic) bond motifs is 1. The maximum Gasteiger partial charge on any atom is 0.227 e. The Bertz CT molecular complexity index is 764. The summed E-state index contributed by atoms with van der Waals surface area (Å²) in [5.74, 6) is 3.21. The molecular formula is C19H27N5O2. The van der Waals surface area contributed by atoms with E-state index in [2.05, 4.69) is 10.6 Å². The van der Waals surface area contributed by atoms with E-state index in [1.807, 2.05) is 37.2 Å². The molecular weight excluding hydrogens is 330 g/mol. The van der Waals surface area contributed by atoms with Gasteiger partial charge in [0.25, 0.3) is 0 Å². The second kappa shape index (κ2) is 8.23. The van der Waals surface area contributed by atoms with Gasteiger partial charge in [-0.25, -0.2) is 4.98 Å². The Morgan fingerprint density at radius 2 is 1.92 bits per heavy atom. The zero-order valence-electron chi connectivity index (χ0n) is 15.9. The Balaban J connectivity index is 1.88. The molecule has 7 nitrogen and oxygen atoms in total. The van der Waals surface area contributed by atoms with E-state index >= 15 is 0 Å². The van der Waals surface area contributed by atoms with Crippen molar-refractivity contribution in [3.05, 3.63) is 35.0 Å². The third-order valence-corrected chi connectivity index (χ3v) is 4.51. The van der Waals surface area contributed by atoms with E-state index in [1.165, 1.54) is 5.56 Å². The first-order chi connectivity index (χ1) is 12.6. The molecule has 0 radical (unpaired) electrons. The topological polar surface area (TPSA) is 71.5 Å². The SMILES string of the molecule is COc1ccc(CNc2nc(N(C)C)nc3c2CCNCC3)c(OC)c1. The molecule has 0 aliphatic carbocycles. The van der Waals surface area contributed by atoms with Crippen LogP contribution in [0.2, 0.25) is 0 Å². The normalized spacial score (nSPS) is 13.5. The molecule has 0 fully saturated rings. The van der Waals surface area contributed by atoms with Gasteiger partial charge in [-0.05, 0) is 25.1 Å². The first-order valence-corrected chi connectivity index (χ1v) is 8.85. The molecule has 0 spiro atoms. The summed E-state index contributed by atoms with van der Waals surface area (Å²) in [6.07, 6.45) is 1.84. The fraction of sp³-hybridized carbons (Fsp3) is 0.474. The summed E-state index contributed by atoms with van der Waals surface area (Å²) in [6, 6.07) is 5.85. The van der Waals surface area contributed by atoms with Crippen molar-refractivity contribution in [1.29, 1.82) is 0 Å². The van der Waals surface area contributed by atoms with Gasteiger partial charge in [0, 0.05) is 50.8 Å². The highest BCUT2D eigenvalue weighted by Gasteiger charge is 2.17. The molecule has 2 aromatic rings. The van der Waals surface area contributed by atoms with E-state index < -0.39 is 0 Å². The van der Waals surface area contributed by atoms with Gasteiger partial charge in [0.2, 0.25) is 5.95 Å². The first kappa shape index (κ1) is 18.3. The number of aromatic nitrogens is 2. The average Bonchev–Trinajstić information content (AvgIpc) is 2.91. The van der Waals surface area contributed by atoms with E-state index in [0.717, 1.165) is 60.5 Å². The summed E-state index contributed by atoms with van der Waals surface area (Å²) in [6.45, 7) is 2.51. The first-order valence-electron chi connectivity index (χ1n) is 8.85. The summed E-state index contributed by atoms with van der Waals surface area (Å²) in [5, 5.41) is 6.93. The van der Waals surface area contributed by atoms with Crippen LogP contribution in [-0.2, 0) is 19.4 Å². The number of anilines is 2. The molecule has 0 unspecified atom stereocenters. The van der Waals surface area contributed by atoms with Crippen LogP contribution in [0.25, 0.3) is 0 Å². The number of methoxy groups -OCH3 is 2. The smallest absolute Gasteiger partial charge is 0.227 e. The molecule has 3 rings (SSSR count). The summed E-state index contributed by atoms with van der Waals surface area (Å²) >= 11 is 0. The van der Waals surface area contributed by atoms with Crippen molar-refractivity contribution in [2.45, 2.75) is 19.4 Å². The highest BCUT2D eigenvalue weighted by Crippen LogP contribution is 2.27. The van der Waals surface area contributed by atoms with Crippen LogP contribution in [0.1, 0.15) is 16.8 Å². The molecule has 26 heavy (non-hydrogen) atoms. The second-order valence-corrected chi connectivity index (χ2v) is 6.47. The standard InChI is InChI=1S/C19H27N5O2/c1-24(2)19-22-16-8-10-20-9-7-15(16)18(23-19)21-12-13-5-6-14(25-3)11-17(13)26-4/h5-6,11,20H,7-10,12H2,1-4H3,(H,21,22,23). The van der Waals surface area contributed by atoms with Crippen LogP contribution < -0.4 is 25.0 Å². The molecule has 0 atom stereocenters. The molecule has 1 aliphatic heterocycles. The van der Waals surface area contributed by atoms with Crippen LogP contribution >= 0.6 is 0 Å². The Kier molecular flexibility index (Phi) is 5.78. The summed E-state index contributed by atoms with van der Waals surface area (Å²) in [5.41, 5.74) is 3.38. The lowest BCUT2D eigenvalue weighted by atomic mass is 10.1. The van der Waals surface area contributed by atoms with Gasteiger partial charge in [-0.2, -0.15) is 4.98 Å². The minimum atomic E-state index is 0.622. The van der Waals surface area contributed by atoms with Crippen molar-refractivity contribution < 1.29 is 9.47 Å². The Labute approximate surface area is 154 Å². The molecule has 0 amide bonds. The molecule has 0 bridgehead atoms. The van der Waals surface area contributed by atoms with Crippen molar-refractivity contribution in [3.8, 4) is 11.5 Å². The number of nitrogens with zero attached hydrogens (tertiary/aromatic N) is 3. The Hall–Kier alpha value is -2.54. The van der Waals surface area contributed by atoms with Crippen molar-refractivity contribution in [1.82, 2.24) is 15.3 Å². The van der Waals surface area contributed by atoms with Crippen LogP contribution in [0.15, 0.2) is 18.2 Å². The summed E-state index contributed by atoms with van der Waals surface area (Å²) in [7, 11) is 7.25. The lowest BCUT2D eigenvalue weighted by Crippen LogP contribution is -2.17. The number of hydrogen-bond acceptors (Lipinski definition) is 7. The number of rotatable bonds is 6. The Morgan fingerprint density at radius 1 is 1.12 bits per heavy atom. The van der Waals surface area contributed by atoms with Crippen molar-refractivity contribution in [2.24, 2.45) is 0 Å². The number of benzene rings is 1. The average molecular weight is 357 g/mol. The third-order valence-electron chi connectivity index (χ3n) is 4.51. The fourth-order valence-corrected chi connectivity index (χ4v) is 3.06. The second-order valence-electron chi connectivity index (χ2n) is 6.47. The predicted molar refractivity (Wildman–Crippen MR) is 104 cm³/mol. The van der Waals surface area contributed by atoms with Gasteiger partial charge in [0.15, 0.2) is 0 Å². The summed E-state index contributed by atoms with van der Waals surface area (Å²) < 4.78 is 10.8. The maximum atomic E-state index is 5.50. The molecule has 140 valence electrons. The zero-order chi connectivity index (χ0) is 18.5. The predicted octanol–water partition coefficient (Wildman–Crippen LogP) is 1.86. The van der Waals surface area contributed by atoms with Gasteiger partial charge in [-0.3, -0.25) is 0 Å². The Morgan fingerprint density at radius 3 is 2.65 bits per heavy atom. The molecule has 1 aromatic carbocycles. The zero-order valence-corrected chi connectivity index (χ0v) is 15.9. The number of hydrogen-bond donors (Lipinski definition) is 2. The van der Waals surface area contributed by atoms with Gasteiger partial charge in [0.05, 0.1) is 19.9 Å². The van der Waals surface area contributed by atoms with Gasteiger partial charge in [-0.15, -0.1) is 0 Å². The van der Waals surface area contributed by atoms with E-state index in [-0.39, 0.29) is 0 Å². The minimum Gasteiger partial charge on any atom is -0.497 e. The molecule has 1 aliphatic rings. The fourth-order valence-electron chi connectivity index (χ4n) is 3.06. The van der Waals surface area contributed by atoms with Crippen LogP contribution in [0.4, 0.5) is 11.8 Å². The number of nitrogens with one attached hydrogen (secondary N) is 2. The van der Waals surface area contributed by atoms with Crippen molar-refractivity contribution >= 4 is 11.8 Å². The lowest BCUT2D eigenvalue weighted by Gasteiger charge is -2.18. The van der Waals surface area contributed by atoms with E-state index in [0.29, 0.717) is 6.54 Å². The lowest BCUT2D eigenvalue weighted by molar-refractivity contribution is 0.391.